The van der Waals surface area contributed by atoms with E-state index in [1.165, 1.54) is 24.7 Å². The second kappa shape index (κ2) is 9.38. The van der Waals surface area contributed by atoms with Crippen LogP contribution in [-0.4, -0.2) is 36.9 Å². The van der Waals surface area contributed by atoms with Crippen molar-refractivity contribution in [2.45, 2.75) is 6.42 Å². The zero-order chi connectivity index (χ0) is 18.9. The lowest BCUT2D eigenvalue weighted by Gasteiger charge is -2.14. The lowest BCUT2D eigenvalue weighted by molar-refractivity contribution is -0.139. The molecule has 1 aromatic carbocycles. The number of carboxylic acids is 1. The number of nitrogens with one attached hydrogen (secondary N) is 1. The summed E-state index contributed by atoms with van der Waals surface area (Å²) in [5.41, 5.74) is 3.81. The number of nitrogens with zero attached hydrogens (tertiary/aromatic N) is 1. The van der Waals surface area contributed by atoms with Crippen molar-refractivity contribution in [3.63, 3.8) is 0 Å². The Hall–Kier alpha value is -3.13. The van der Waals surface area contributed by atoms with E-state index in [-0.39, 0.29) is 5.91 Å². The standard InChI is InChI=1S/C18H18N2O5S/c1-3-5-13-8-12(9-14(24-2)17(13)25-11-16(21)22)10-19-20-18(23)15-6-4-7-26-15/h3-4,6-10H,1,5,11H2,2H3,(H,20,23)(H,21,22)/b19-10+. The number of hydrogen-bond acceptors (Lipinski definition) is 6. The van der Waals surface area contributed by atoms with E-state index in [4.69, 9.17) is 14.6 Å². The topological polar surface area (TPSA) is 97.2 Å². The van der Waals surface area contributed by atoms with Crippen molar-refractivity contribution in [1.82, 2.24) is 5.43 Å². The molecule has 7 nitrogen and oxygen atoms in total. The van der Waals surface area contributed by atoms with Gasteiger partial charge in [-0.2, -0.15) is 5.10 Å². The van der Waals surface area contributed by atoms with Gasteiger partial charge in [0.25, 0.3) is 5.91 Å². The molecule has 0 atom stereocenters. The summed E-state index contributed by atoms with van der Waals surface area (Å²) in [6.45, 7) is 3.21. The van der Waals surface area contributed by atoms with E-state index in [1.54, 1.807) is 35.7 Å². The van der Waals surface area contributed by atoms with E-state index in [1.807, 2.05) is 0 Å². The first-order valence-electron chi connectivity index (χ1n) is 7.58. The van der Waals surface area contributed by atoms with E-state index >= 15 is 0 Å². The van der Waals surface area contributed by atoms with Crippen LogP contribution in [0.1, 0.15) is 20.8 Å². The minimum Gasteiger partial charge on any atom is -0.493 e. The van der Waals surface area contributed by atoms with Gasteiger partial charge < -0.3 is 14.6 Å². The molecule has 0 unspecified atom stereocenters. The second-order valence-electron chi connectivity index (χ2n) is 5.06. The van der Waals surface area contributed by atoms with Crippen molar-refractivity contribution in [2.75, 3.05) is 13.7 Å². The SMILES string of the molecule is C=CCc1cc(/C=N/NC(=O)c2cccs2)cc(OC)c1OCC(=O)O. The van der Waals surface area contributed by atoms with Gasteiger partial charge in [-0.15, -0.1) is 17.9 Å². The maximum Gasteiger partial charge on any atom is 0.341 e. The van der Waals surface area contributed by atoms with Crippen LogP contribution in [-0.2, 0) is 11.2 Å². The molecule has 136 valence electrons. The third kappa shape index (κ3) is 5.18. The molecule has 0 saturated carbocycles. The molecule has 0 radical (unpaired) electrons. The van der Waals surface area contributed by atoms with Gasteiger partial charge in [-0.3, -0.25) is 4.79 Å². The van der Waals surface area contributed by atoms with Gasteiger partial charge in [0.15, 0.2) is 18.1 Å². The molecule has 0 fully saturated rings. The first-order valence-corrected chi connectivity index (χ1v) is 8.46. The Bertz CT molecular complexity index is 815. The first-order chi connectivity index (χ1) is 12.5. The summed E-state index contributed by atoms with van der Waals surface area (Å²) in [6.07, 6.45) is 3.60. The van der Waals surface area contributed by atoms with Gasteiger partial charge in [-0.1, -0.05) is 12.1 Å². The van der Waals surface area contributed by atoms with Crippen LogP contribution in [0.25, 0.3) is 0 Å². The minimum absolute atomic E-state index is 0.295. The maximum absolute atomic E-state index is 11.9. The molecular weight excluding hydrogens is 356 g/mol. The van der Waals surface area contributed by atoms with Crippen molar-refractivity contribution in [1.29, 1.82) is 0 Å². The number of amides is 1. The van der Waals surface area contributed by atoms with Crippen molar-refractivity contribution in [3.05, 3.63) is 58.3 Å². The molecule has 2 rings (SSSR count). The Kier molecular flexibility index (Phi) is 6.92. The molecule has 0 bridgehead atoms. The van der Waals surface area contributed by atoms with Crippen LogP contribution in [0.4, 0.5) is 0 Å². The number of thiophene rings is 1. The van der Waals surface area contributed by atoms with E-state index < -0.39 is 12.6 Å². The zero-order valence-corrected chi connectivity index (χ0v) is 14.9. The highest BCUT2D eigenvalue weighted by molar-refractivity contribution is 7.12. The monoisotopic (exact) mass is 374 g/mol. The number of hydrazone groups is 1. The number of carbonyl (C=O) groups is 2. The largest absolute Gasteiger partial charge is 0.493 e. The normalized spacial score (nSPS) is 10.5. The zero-order valence-electron chi connectivity index (χ0n) is 14.1. The fourth-order valence-corrected chi connectivity index (χ4v) is 2.76. The number of allylic oxidation sites excluding steroid dienone is 1. The average molecular weight is 374 g/mol. The van der Waals surface area contributed by atoms with Gasteiger partial charge in [-0.05, 0) is 35.6 Å². The molecule has 8 heteroatoms. The van der Waals surface area contributed by atoms with Crippen molar-refractivity contribution >= 4 is 29.4 Å². The van der Waals surface area contributed by atoms with Gasteiger partial charge in [0.2, 0.25) is 0 Å². The van der Waals surface area contributed by atoms with E-state index in [9.17, 15) is 9.59 Å². The first kappa shape index (κ1) is 19.2. The molecule has 0 spiro atoms. The maximum atomic E-state index is 11.9. The fraction of sp³-hybridized carbons (Fsp3) is 0.167. The van der Waals surface area contributed by atoms with Gasteiger partial charge in [0.1, 0.15) is 0 Å². The Balaban J connectivity index is 2.21. The summed E-state index contributed by atoms with van der Waals surface area (Å²) in [7, 11) is 1.46. The molecule has 26 heavy (non-hydrogen) atoms. The van der Waals surface area contributed by atoms with Crippen LogP contribution in [0.3, 0.4) is 0 Å². The van der Waals surface area contributed by atoms with Gasteiger partial charge in [0.05, 0.1) is 18.2 Å². The van der Waals surface area contributed by atoms with Crippen LogP contribution in [0.2, 0.25) is 0 Å². The quantitative estimate of drug-likeness (QED) is 0.400. The van der Waals surface area contributed by atoms with Crippen LogP contribution >= 0.6 is 11.3 Å². The summed E-state index contributed by atoms with van der Waals surface area (Å²) in [5, 5.41) is 14.6. The van der Waals surface area contributed by atoms with Crippen LogP contribution < -0.4 is 14.9 Å². The van der Waals surface area contributed by atoms with Crippen molar-refractivity contribution in [2.24, 2.45) is 5.10 Å². The molecule has 0 aliphatic carbocycles. The molecule has 0 aliphatic heterocycles. The van der Waals surface area contributed by atoms with Crippen molar-refractivity contribution < 1.29 is 24.2 Å². The summed E-state index contributed by atoms with van der Waals surface area (Å²) in [4.78, 5) is 23.2. The second-order valence-corrected chi connectivity index (χ2v) is 6.01. The summed E-state index contributed by atoms with van der Waals surface area (Å²) >= 11 is 1.32. The van der Waals surface area contributed by atoms with E-state index in [0.29, 0.717) is 33.9 Å². The third-order valence-electron chi connectivity index (χ3n) is 3.20. The molecule has 0 saturated heterocycles. The number of hydrogen-bond donors (Lipinski definition) is 2. The van der Waals surface area contributed by atoms with Crippen molar-refractivity contribution in [3.8, 4) is 11.5 Å². The Labute approximate surface area is 154 Å². The number of rotatable bonds is 9. The number of ether oxygens (including phenoxy) is 2. The number of aliphatic carboxylic acids is 1. The highest BCUT2D eigenvalue weighted by Gasteiger charge is 2.14. The number of carboxylic acid groups (broad SMARTS) is 1. The summed E-state index contributed by atoms with van der Waals surface area (Å²) < 4.78 is 10.6. The summed E-state index contributed by atoms with van der Waals surface area (Å²) in [5.74, 6) is -0.666. The van der Waals surface area contributed by atoms with E-state index in [2.05, 4.69) is 17.1 Å². The minimum atomic E-state index is -1.08. The lowest BCUT2D eigenvalue weighted by atomic mass is 10.1. The number of carbonyl (C=O) groups excluding carboxylic acids is 1. The molecule has 1 heterocycles. The average Bonchev–Trinajstić information content (AvgIpc) is 3.15. The predicted molar refractivity (Wildman–Crippen MR) is 99.4 cm³/mol. The molecule has 2 N–H and O–H groups in total. The number of benzene rings is 1. The third-order valence-corrected chi connectivity index (χ3v) is 4.07. The predicted octanol–water partition coefficient (Wildman–Crippen LogP) is 2.71. The molecule has 2 aromatic rings. The van der Waals surface area contributed by atoms with Crippen LogP contribution in [0.15, 0.2) is 47.4 Å². The fourth-order valence-electron chi connectivity index (χ4n) is 2.14. The molecular formula is C18H18N2O5S. The highest BCUT2D eigenvalue weighted by atomic mass is 32.1. The lowest BCUT2D eigenvalue weighted by Crippen LogP contribution is -2.16. The molecule has 0 aliphatic rings. The highest BCUT2D eigenvalue weighted by Crippen LogP contribution is 2.33. The van der Waals surface area contributed by atoms with Crippen LogP contribution in [0.5, 0.6) is 11.5 Å². The smallest absolute Gasteiger partial charge is 0.341 e. The van der Waals surface area contributed by atoms with Crippen LogP contribution in [0, 0.1) is 0 Å². The molecule has 1 aromatic heterocycles. The Morgan fingerprint density at radius 3 is 2.85 bits per heavy atom. The summed E-state index contributed by atoms with van der Waals surface area (Å²) in [6, 6.07) is 6.90. The Morgan fingerprint density at radius 2 is 2.23 bits per heavy atom. The Morgan fingerprint density at radius 1 is 1.42 bits per heavy atom. The van der Waals surface area contributed by atoms with Gasteiger partial charge in [-0.25, -0.2) is 10.2 Å². The van der Waals surface area contributed by atoms with Gasteiger partial charge >= 0.3 is 5.97 Å². The van der Waals surface area contributed by atoms with E-state index in [0.717, 1.165) is 0 Å². The number of methoxy groups -OCH3 is 1. The molecule has 1 amide bonds. The van der Waals surface area contributed by atoms with Gasteiger partial charge in [0, 0.05) is 5.56 Å².